The van der Waals surface area contributed by atoms with E-state index in [1.165, 1.54) is 25.7 Å². The predicted molar refractivity (Wildman–Crippen MR) is 53.8 cm³/mol. The lowest BCUT2D eigenvalue weighted by Gasteiger charge is -2.41. The van der Waals surface area contributed by atoms with Crippen LogP contribution in [0.15, 0.2) is 0 Å². The van der Waals surface area contributed by atoms with Crippen LogP contribution in [0.3, 0.4) is 0 Å². The van der Waals surface area contributed by atoms with E-state index < -0.39 is 0 Å². The van der Waals surface area contributed by atoms with Crippen LogP contribution in [-0.4, -0.2) is 23.1 Å². The molecule has 2 atom stereocenters. The zero-order valence-corrected chi connectivity index (χ0v) is 8.15. The molecule has 2 bridgehead atoms. The Labute approximate surface area is 79.1 Å². The van der Waals surface area contributed by atoms with Crippen LogP contribution < -0.4 is 5.73 Å². The fourth-order valence-electron chi connectivity index (χ4n) is 2.61. The molecule has 0 radical (unpaired) electrons. The van der Waals surface area contributed by atoms with Gasteiger partial charge in [-0.2, -0.15) is 0 Å². The molecule has 0 spiro atoms. The van der Waals surface area contributed by atoms with Crippen molar-refractivity contribution in [1.82, 2.24) is 4.90 Å². The Balaban J connectivity index is 2.00. The number of nitrogens with two attached hydrogens (primary N) is 1. The first-order chi connectivity index (χ1) is 5.75. The summed E-state index contributed by atoms with van der Waals surface area (Å²) in [5.74, 6) is 1.75. The highest BCUT2D eigenvalue weighted by molar-refractivity contribution is 7.80. The van der Waals surface area contributed by atoms with E-state index >= 15 is 0 Å². The lowest BCUT2D eigenvalue weighted by molar-refractivity contribution is 0.137. The van der Waals surface area contributed by atoms with E-state index in [4.69, 9.17) is 18.0 Å². The predicted octanol–water partition coefficient (Wildman–Crippen LogP) is 1.35. The molecule has 2 fully saturated rings. The van der Waals surface area contributed by atoms with Gasteiger partial charge in [-0.25, -0.2) is 0 Å². The molecule has 1 heterocycles. The summed E-state index contributed by atoms with van der Waals surface area (Å²) in [7, 11) is 0. The largest absolute Gasteiger partial charge is 0.376 e. The molecule has 1 aliphatic heterocycles. The summed E-state index contributed by atoms with van der Waals surface area (Å²) in [6.45, 7) is 2.23. The molecule has 2 nitrogen and oxygen atoms in total. The van der Waals surface area contributed by atoms with Gasteiger partial charge in [0.1, 0.15) is 0 Å². The van der Waals surface area contributed by atoms with E-state index in [-0.39, 0.29) is 0 Å². The summed E-state index contributed by atoms with van der Waals surface area (Å²) in [5, 5.41) is 0.603. The molecule has 0 unspecified atom stereocenters. The molecule has 68 valence electrons. The summed E-state index contributed by atoms with van der Waals surface area (Å²) in [6.07, 6.45) is 5.60. The standard InChI is InChI=1S/C9H16N2S/c10-9(12)11-5-7-2-1-3-8(4-7)6-11/h7-8H,1-6H2,(H2,10,12)/t7-,8+. The van der Waals surface area contributed by atoms with Crippen LogP contribution in [0.4, 0.5) is 0 Å². The van der Waals surface area contributed by atoms with Crippen LogP contribution in [0.2, 0.25) is 0 Å². The number of hydrogen-bond donors (Lipinski definition) is 1. The van der Waals surface area contributed by atoms with Crippen molar-refractivity contribution < 1.29 is 0 Å². The van der Waals surface area contributed by atoms with Gasteiger partial charge in [0.2, 0.25) is 0 Å². The topological polar surface area (TPSA) is 29.3 Å². The quantitative estimate of drug-likeness (QED) is 0.576. The highest BCUT2D eigenvalue weighted by atomic mass is 32.1. The number of piperidine rings is 1. The number of nitrogens with zero attached hydrogens (tertiary/aromatic N) is 1. The van der Waals surface area contributed by atoms with Crippen molar-refractivity contribution in [3.05, 3.63) is 0 Å². The van der Waals surface area contributed by atoms with Gasteiger partial charge in [0.05, 0.1) is 0 Å². The van der Waals surface area contributed by atoms with Crippen molar-refractivity contribution in [3.63, 3.8) is 0 Å². The fraction of sp³-hybridized carbons (Fsp3) is 0.889. The van der Waals surface area contributed by atoms with Crippen LogP contribution in [0.1, 0.15) is 25.7 Å². The SMILES string of the molecule is NC(=S)N1C[C@@H]2CCC[C@@H](C2)C1. The average molecular weight is 184 g/mol. The molecular formula is C9H16N2S. The molecule has 0 aromatic heterocycles. The molecule has 2 N–H and O–H groups in total. The van der Waals surface area contributed by atoms with Crippen LogP contribution in [0, 0.1) is 11.8 Å². The molecule has 1 aliphatic carbocycles. The molecular weight excluding hydrogens is 168 g/mol. The lowest BCUT2D eigenvalue weighted by Crippen LogP contribution is -2.47. The Morgan fingerprint density at radius 2 is 1.83 bits per heavy atom. The third kappa shape index (κ3) is 1.56. The summed E-state index contributed by atoms with van der Waals surface area (Å²) < 4.78 is 0. The fourth-order valence-corrected chi connectivity index (χ4v) is 2.76. The first-order valence-electron chi connectivity index (χ1n) is 4.80. The molecule has 3 heteroatoms. The van der Waals surface area contributed by atoms with Gasteiger partial charge in [0.25, 0.3) is 0 Å². The minimum atomic E-state index is 0.603. The van der Waals surface area contributed by atoms with Crippen molar-refractivity contribution in [1.29, 1.82) is 0 Å². The van der Waals surface area contributed by atoms with Crippen molar-refractivity contribution in [2.45, 2.75) is 25.7 Å². The van der Waals surface area contributed by atoms with E-state index in [9.17, 15) is 0 Å². The first-order valence-corrected chi connectivity index (χ1v) is 5.21. The monoisotopic (exact) mass is 184 g/mol. The lowest BCUT2D eigenvalue weighted by atomic mass is 9.78. The van der Waals surface area contributed by atoms with Crippen LogP contribution in [0.5, 0.6) is 0 Å². The Kier molecular flexibility index (Phi) is 2.22. The molecule has 1 saturated heterocycles. The third-order valence-corrected chi connectivity index (χ3v) is 3.42. The third-order valence-electron chi connectivity index (χ3n) is 3.16. The van der Waals surface area contributed by atoms with E-state index in [1.807, 2.05) is 0 Å². The maximum absolute atomic E-state index is 5.63. The van der Waals surface area contributed by atoms with Crippen molar-refractivity contribution in [2.24, 2.45) is 17.6 Å². The zero-order chi connectivity index (χ0) is 8.55. The van der Waals surface area contributed by atoms with E-state index in [2.05, 4.69) is 4.90 Å². The van der Waals surface area contributed by atoms with Crippen molar-refractivity contribution in [3.8, 4) is 0 Å². The molecule has 1 saturated carbocycles. The molecule has 0 amide bonds. The Morgan fingerprint density at radius 3 is 2.33 bits per heavy atom. The van der Waals surface area contributed by atoms with Gasteiger partial charge >= 0.3 is 0 Å². The zero-order valence-electron chi connectivity index (χ0n) is 7.33. The molecule has 2 rings (SSSR count). The molecule has 0 aromatic carbocycles. The smallest absolute Gasteiger partial charge is 0.166 e. The van der Waals surface area contributed by atoms with Crippen molar-refractivity contribution in [2.75, 3.05) is 13.1 Å². The number of rotatable bonds is 0. The number of hydrogen-bond acceptors (Lipinski definition) is 1. The summed E-state index contributed by atoms with van der Waals surface area (Å²) >= 11 is 5.00. The van der Waals surface area contributed by atoms with Gasteiger partial charge in [-0.15, -0.1) is 0 Å². The second-order valence-corrected chi connectivity index (χ2v) is 4.56. The van der Waals surface area contributed by atoms with Gasteiger partial charge < -0.3 is 10.6 Å². The summed E-state index contributed by atoms with van der Waals surface area (Å²) in [4.78, 5) is 2.19. The maximum atomic E-state index is 5.63. The van der Waals surface area contributed by atoms with E-state index in [0.717, 1.165) is 24.9 Å². The normalized spacial score (nSPS) is 34.8. The van der Waals surface area contributed by atoms with Gasteiger partial charge in [0, 0.05) is 13.1 Å². The summed E-state index contributed by atoms with van der Waals surface area (Å²) in [5.41, 5.74) is 5.63. The minimum Gasteiger partial charge on any atom is -0.376 e. The molecule has 12 heavy (non-hydrogen) atoms. The first kappa shape index (κ1) is 8.30. The second kappa shape index (κ2) is 3.21. The van der Waals surface area contributed by atoms with E-state index in [1.54, 1.807) is 0 Å². The number of likely N-dealkylation sites (tertiary alicyclic amines) is 1. The Bertz CT molecular complexity index is 181. The van der Waals surface area contributed by atoms with Gasteiger partial charge in [0.15, 0.2) is 5.11 Å². The van der Waals surface area contributed by atoms with Gasteiger partial charge in [-0.3, -0.25) is 0 Å². The van der Waals surface area contributed by atoms with Crippen LogP contribution in [0.25, 0.3) is 0 Å². The minimum absolute atomic E-state index is 0.603. The highest BCUT2D eigenvalue weighted by Crippen LogP contribution is 2.33. The molecule has 0 aromatic rings. The summed E-state index contributed by atoms with van der Waals surface area (Å²) in [6, 6.07) is 0. The Morgan fingerprint density at radius 1 is 1.25 bits per heavy atom. The molecule has 2 aliphatic rings. The second-order valence-electron chi connectivity index (χ2n) is 4.14. The number of fused-ring (bicyclic) bond motifs is 2. The highest BCUT2D eigenvalue weighted by Gasteiger charge is 2.30. The van der Waals surface area contributed by atoms with Gasteiger partial charge in [-0.1, -0.05) is 6.42 Å². The van der Waals surface area contributed by atoms with Gasteiger partial charge in [-0.05, 0) is 43.3 Å². The number of thiocarbonyl (C=S) groups is 1. The maximum Gasteiger partial charge on any atom is 0.166 e. The van der Waals surface area contributed by atoms with Crippen molar-refractivity contribution >= 4 is 17.3 Å². The Hall–Kier alpha value is -0.310. The average Bonchev–Trinajstić information content (AvgIpc) is 2.03. The van der Waals surface area contributed by atoms with Crippen LogP contribution in [-0.2, 0) is 0 Å². The van der Waals surface area contributed by atoms with E-state index in [0.29, 0.717) is 5.11 Å². The van der Waals surface area contributed by atoms with Crippen LogP contribution >= 0.6 is 12.2 Å².